The Morgan fingerprint density at radius 1 is 1.50 bits per heavy atom. The maximum Gasteiger partial charge on any atom is 0.0707 e. The number of rotatable bonds is 1. The van der Waals surface area contributed by atoms with Gasteiger partial charge < -0.3 is 0 Å². The molecule has 0 atom stereocenters. The molecule has 0 aliphatic carbocycles. The van der Waals surface area contributed by atoms with Gasteiger partial charge in [-0.2, -0.15) is 5.26 Å². The molecule has 0 aliphatic rings. The van der Waals surface area contributed by atoms with Crippen LogP contribution in [0.15, 0.2) is 22.7 Å². The maximum absolute atomic E-state index is 8.67. The average molecular weight is 378 g/mol. The van der Waals surface area contributed by atoms with Gasteiger partial charge in [0.2, 0.25) is 0 Å². The van der Waals surface area contributed by atoms with Gasteiger partial charge in [0.1, 0.15) is 0 Å². The summed E-state index contributed by atoms with van der Waals surface area (Å²) in [5.74, 6) is 0. The highest BCUT2D eigenvalue weighted by Gasteiger charge is 2.10. The lowest BCUT2D eigenvalue weighted by atomic mass is 10.2. The summed E-state index contributed by atoms with van der Waals surface area (Å²) in [6, 6.07) is 8.39. The Morgan fingerprint density at radius 2 is 2.29 bits per heavy atom. The molecule has 0 amide bonds. The summed E-state index contributed by atoms with van der Waals surface area (Å²) in [5, 5.41) is 9.89. The van der Waals surface area contributed by atoms with Crippen LogP contribution >= 0.6 is 49.9 Å². The van der Waals surface area contributed by atoms with Crippen molar-refractivity contribution >= 4 is 59.9 Å². The Morgan fingerprint density at radius 3 is 2.93 bits per heavy atom. The third-order valence-electron chi connectivity index (χ3n) is 1.91. The Balaban J connectivity index is 2.74. The van der Waals surface area contributed by atoms with Crippen molar-refractivity contribution < 1.29 is 0 Å². The molecule has 1 nitrogen and oxygen atoms in total. The van der Waals surface area contributed by atoms with Crippen LogP contribution in [0, 0.1) is 14.9 Å². The van der Waals surface area contributed by atoms with E-state index in [4.69, 9.17) is 5.26 Å². The molecule has 2 aromatic rings. The average Bonchev–Trinajstić information content (AvgIpc) is 2.48. The fourth-order valence-electron chi connectivity index (χ4n) is 1.29. The number of fused-ring (bicyclic) bond motifs is 1. The zero-order valence-electron chi connectivity index (χ0n) is 7.05. The van der Waals surface area contributed by atoms with Crippen molar-refractivity contribution in [2.45, 2.75) is 6.42 Å². The molecule has 0 unspecified atom stereocenters. The van der Waals surface area contributed by atoms with Crippen LogP contribution in [-0.4, -0.2) is 0 Å². The van der Waals surface area contributed by atoms with Gasteiger partial charge in [-0.1, -0.05) is 12.1 Å². The molecule has 2 rings (SSSR count). The van der Waals surface area contributed by atoms with E-state index in [9.17, 15) is 0 Å². The minimum absolute atomic E-state index is 0.482. The van der Waals surface area contributed by atoms with Crippen LogP contribution in [-0.2, 0) is 6.42 Å². The minimum atomic E-state index is 0.482. The van der Waals surface area contributed by atoms with E-state index < -0.39 is 0 Å². The van der Waals surface area contributed by atoms with Gasteiger partial charge in [-0.3, -0.25) is 0 Å². The molecule has 1 aromatic heterocycles. The number of halogens is 2. The topological polar surface area (TPSA) is 23.8 Å². The summed E-state index contributed by atoms with van der Waals surface area (Å²) >= 11 is 7.56. The SMILES string of the molecule is N#CCc1sc2c(I)cccc2c1Br. The standard InChI is InChI=1S/C10H5BrINS/c11-9-6-2-1-3-7(12)10(6)14-8(9)4-5-13/h1-3H,4H2. The van der Waals surface area contributed by atoms with Crippen LogP contribution in [0.5, 0.6) is 0 Å². The number of thiophene rings is 1. The minimum Gasteiger partial charge on any atom is -0.198 e. The zero-order valence-corrected chi connectivity index (χ0v) is 11.6. The molecule has 70 valence electrons. The zero-order chi connectivity index (χ0) is 10.1. The fraction of sp³-hybridized carbons (Fsp3) is 0.100. The van der Waals surface area contributed by atoms with E-state index in [1.807, 2.05) is 6.07 Å². The first-order chi connectivity index (χ1) is 6.74. The molecular weight excluding hydrogens is 373 g/mol. The van der Waals surface area contributed by atoms with Crippen molar-refractivity contribution in [2.24, 2.45) is 0 Å². The molecule has 0 bridgehead atoms. The van der Waals surface area contributed by atoms with E-state index in [0.29, 0.717) is 6.42 Å². The summed E-state index contributed by atoms with van der Waals surface area (Å²) in [4.78, 5) is 1.12. The molecule has 0 radical (unpaired) electrons. The number of hydrogen-bond acceptors (Lipinski definition) is 2. The van der Waals surface area contributed by atoms with Gasteiger partial charge in [-0.15, -0.1) is 11.3 Å². The first-order valence-electron chi connectivity index (χ1n) is 3.96. The monoisotopic (exact) mass is 377 g/mol. The van der Waals surface area contributed by atoms with E-state index in [2.05, 4.69) is 56.7 Å². The first-order valence-corrected chi connectivity index (χ1v) is 6.65. The van der Waals surface area contributed by atoms with Crippen LogP contribution in [0.1, 0.15) is 4.88 Å². The van der Waals surface area contributed by atoms with Crippen molar-refractivity contribution in [2.75, 3.05) is 0 Å². The van der Waals surface area contributed by atoms with Gasteiger partial charge in [0.15, 0.2) is 0 Å². The molecule has 0 N–H and O–H groups in total. The molecule has 1 heterocycles. The molecule has 1 aromatic carbocycles. The first kappa shape index (κ1) is 10.4. The highest BCUT2D eigenvalue weighted by atomic mass is 127. The van der Waals surface area contributed by atoms with Gasteiger partial charge in [-0.25, -0.2) is 0 Å². The molecule has 0 fully saturated rings. The normalized spacial score (nSPS) is 10.4. The molecule has 4 heteroatoms. The summed E-state index contributed by atoms with van der Waals surface area (Å²) in [6.07, 6.45) is 0.482. The van der Waals surface area contributed by atoms with E-state index in [0.717, 1.165) is 9.35 Å². The van der Waals surface area contributed by atoms with E-state index >= 15 is 0 Å². The summed E-state index contributed by atoms with van der Waals surface area (Å²) in [5.41, 5.74) is 0. The van der Waals surface area contributed by atoms with Crippen LogP contribution in [0.25, 0.3) is 10.1 Å². The van der Waals surface area contributed by atoms with Crippen molar-refractivity contribution in [1.82, 2.24) is 0 Å². The van der Waals surface area contributed by atoms with E-state index in [1.165, 1.54) is 13.7 Å². The number of nitriles is 1. The lowest BCUT2D eigenvalue weighted by Crippen LogP contribution is -1.73. The highest BCUT2D eigenvalue weighted by molar-refractivity contribution is 14.1. The van der Waals surface area contributed by atoms with Gasteiger partial charge in [-0.05, 0) is 44.6 Å². The van der Waals surface area contributed by atoms with Crippen molar-refractivity contribution in [3.05, 3.63) is 31.1 Å². The van der Waals surface area contributed by atoms with Crippen molar-refractivity contribution in [1.29, 1.82) is 5.26 Å². The summed E-state index contributed by atoms with van der Waals surface area (Å²) in [7, 11) is 0. The molecular formula is C10H5BrINS. The number of benzene rings is 1. The van der Waals surface area contributed by atoms with Crippen LogP contribution in [0.4, 0.5) is 0 Å². The quantitative estimate of drug-likeness (QED) is 0.678. The van der Waals surface area contributed by atoms with E-state index in [-0.39, 0.29) is 0 Å². The Hall–Kier alpha value is -0.120. The largest absolute Gasteiger partial charge is 0.198 e. The van der Waals surface area contributed by atoms with E-state index in [1.54, 1.807) is 11.3 Å². The molecule has 0 aliphatic heterocycles. The molecule has 0 spiro atoms. The van der Waals surface area contributed by atoms with Gasteiger partial charge in [0.05, 0.1) is 12.5 Å². The molecule has 0 saturated carbocycles. The second-order valence-electron chi connectivity index (χ2n) is 2.79. The third kappa shape index (κ3) is 1.69. The van der Waals surface area contributed by atoms with Crippen molar-refractivity contribution in [3.63, 3.8) is 0 Å². The lowest BCUT2D eigenvalue weighted by Gasteiger charge is -1.91. The Labute approximate surface area is 108 Å². The second kappa shape index (κ2) is 4.17. The highest BCUT2D eigenvalue weighted by Crippen LogP contribution is 2.37. The number of hydrogen-bond donors (Lipinski definition) is 0. The third-order valence-corrected chi connectivity index (χ3v) is 5.59. The van der Waals surface area contributed by atoms with Gasteiger partial charge in [0.25, 0.3) is 0 Å². The Kier molecular flexibility index (Phi) is 3.10. The Bertz CT molecular complexity index is 527. The maximum atomic E-state index is 8.67. The lowest BCUT2D eigenvalue weighted by molar-refractivity contribution is 1.31. The fourth-order valence-corrected chi connectivity index (χ4v) is 3.99. The molecule has 0 saturated heterocycles. The predicted octanol–water partition coefficient (Wildman–Crippen LogP) is 4.33. The van der Waals surface area contributed by atoms with Gasteiger partial charge >= 0.3 is 0 Å². The van der Waals surface area contributed by atoms with Crippen LogP contribution in [0.2, 0.25) is 0 Å². The van der Waals surface area contributed by atoms with Gasteiger partial charge in [0, 0.05) is 23.0 Å². The smallest absolute Gasteiger partial charge is 0.0707 e. The summed E-state index contributed by atoms with van der Waals surface area (Å²) < 4.78 is 3.60. The molecule has 14 heavy (non-hydrogen) atoms. The number of nitrogens with zero attached hydrogens (tertiary/aromatic N) is 1. The van der Waals surface area contributed by atoms with Crippen molar-refractivity contribution in [3.8, 4) is 6.07 Å². The second-order valence-corrected chi connectivity index (χ2v) is 5.85. The van der Waals surface area contributed by atoms with Crippen LogP contribution in [0.3, 0.4) is 0 Å². The summed E-state index contributed by atoms with van der Waals surface area (Å²) in [6.45, 7) is 0. The predicted molar refractivity (Wildman–Crippen MR) is 71.6 cm³/mol. The van der Waals surface area contributed by atoms with Crippen LogP contribution < -0.4 is 0 Å².